The molecule has 1 aliphatic rings. The largest absolute Gasteiger partial charge is 0.508 e. The van der Waals surface area contributed by atoms with E-state index in [9.17, 15) is 5.11 Å². The molecular formula is C24H32O2. The summed E-state index contributed by atoms with van der Waals surface area (Å²) in [6, 6.07) is 12.8. The van der Waals surface area contributed by atoms with Crippen LogP contribution in [0.2, 0.25) is 0 Å². The summed E-state index contributed by atoms with van der Waals surface area (Å²) in [5.74, 6) is 2.89. The van der Waals surface area contributed by atoms with E-state index >= 15 is 0 Å². The van der Waals surface area contributed by atoms with Crippen LogP contribution in [0.15, 0.2) is 36.4 Å². The fraction of sp³-hybridized carbons (Fsp3) is 0.500. The van der Waals surface area contributed by atoms with Crippen molar-refractivity contribution in [3.8, 4) is 11.5 Å². The standard InChI is InChI=1S/C24H32O2/c1-17-6-10-21(11-7-17)22-12-8-20(9-13-22)5-4-16-26-24-15-14-23(25)18(2)19(24)3/h8-9,12-15,17,21,25H,4-7,10-11,16H2,1-3H3. The van der Waals surface area contributed by atoms with E-state index in [0.29, 0.717) is 12.4 Å². The maximum Gasteiger partial charge on any atom is 0.122 e. The van der Waals surface area contributed by atoms with Crippen LogP contribution in [-0.4, -0.2) is 11.7 Å². The summed E-state index contributed by atoms with van der Waals surface area (Å²) in [4.78, 5) is 0. The summed E-state index contributed by atoms with van der Waals surface area (Å²) in [5, 5.41) is 9.72. The van der Waals surface area contributed by atoms with Crippen LogP contribution in [0.4, 0.5) is 0 Å². The first-order valence-corrected chi connectivity index (χ1v) is 10.1. The van der Waals surface area contributed by atoms with E-state index in [1.807, 2.05) is 19.9 Å². The third-order valence-corrected chi connectivity index (χ3v) is 6.04. The Morgan fingerprint density at radius 2 is 1.62 bits per heavy atom. The van der Waals surface area contributed by atoms with Gasteiger partial charge in [0.2, 0.25) is 0 Å². The highest BCUT2D eigenvalue weighted by atomic mass is 16.5. The Kier molecular flexibility index (Phi) is 6.24. The smallest absolute Gasteiger partial charge is 0.122 e. The van der Waals surface area contributed by atoms with Crippen LogP contribution in [0.3, 0.4) is 0 Å². The number of benzene rings is 2. The van der Waals surface area contributed by atoms with E-state index in [1.54, 1.807) is 6.07 Å². The SMILES string of the molecule is Cc1c(O)ccc(OCCCc2ccc(C3CCC(C)CC3)cc2)c1C. The molecule has 2 aromatic rings. The summed E-state index contributed by atoms with van der Waals surface area (Å²) in [6.07, 6.45) is 7.48. The van der Waals surface area contributed by atoms with E-state index in [-0.39, 0.29) is 0 Å². The topological polar surface area (TPSA) is 29.5 Å². The molecule has 0 aromatic heterocycles. The highest BCUT2D eigenvalue weighted by Gasteiger charge is 2.19. The van der Waals surface area contributed by atoms with Gasteiger partial charge in [-0.3, -0.25) is 0 Å². The van der Waals surface area contributed by atoms with Crippen LogP contribution in [0, 0.1) is 19.8 Å². The fourth-order valence-corrected chi connectivity index (χ4v) is 3.95. The van der Waals surface area contributed by atoms with Crippen LogP contribution in [-0.2, 0) is 6.42 Å². The van der Waals surface area contributed by atoms with Gasteiger partial charge in [0.15, 0.2) is 0 Å². The van der Waals surface area contributed by atoms with Gasteiger partial charge in [0.05, 0.1) is 6.61 Å². The van der Waals surface area contributed by atoms with Gasteiger partial charge in [0, 0.05) is 0 Å². The summed E-state index contributed by atoms with van der Waals surface area (Å²) < 4.78 is 5.91. The van der Waals surface area contributed by atoms with Gasteiger partial charge in [-0.15, -0.1) is 0 Å². The van der Waals surface area contributed by atoms with Crippen molar-refractivity contribution in [1.82, 2.24) is 0 Å². The second-order valence-corrected chi connectivity index (χ2v) is 7.98. The zero-order valence-electron chi connectivity index (χ0n) is 16.4. The van der Waals surface area contributed by atoms with Crippen molar-refractivity contribution in [1.29, 1.82) is 0 Å². The zero-order valence-corrected chi connectivity index (χ0v) is 16.4. The minimum Gasteiger partial charge on any atom is -0.508 e. The predicted octanol–water partition coefficient (Wildman–Crippen LogP) is 6.31. The van der Waals surface area contributed by atoms with Crippen molar-refractivity contribution in [2.24, 2.45) is 5.92 Å². The van der Waals surface area contributed by atoms with Crippen molar-refractivity contribution in [2.75, 3.05) is 6.61 Å². The van der Waals surface area contributed by atoms with Crippen LogP contribution in [0.1, 0.15) is 67.2 Å². The Hall–Kier alpha value is -1.96. The number of phenolic OH excluding ortho intramolecular Hbond substituents is 1. The number of rotatable bonds is 6. The predicted molar refractivity (Wildman–Crippen MR) is 108 cm³/mol. The molecule has 2 heteroatoms. The lowest BCUT2D eigenvalue weighted by atomic mass is 9.79. The Bertz CT molecular complexity index is 710. The van der Waals surface area contributed by atoms with Crippen LogP contribution >= 0.6 is 0 Å². The van der Waals surface area contributed by atoms with Gasteiger partial charge in [0.25, 0.3) is 0 Å². The first-order chi connectivity index (χ1) is 12.5. The Balaban J connectivity index is 1.46. The lowest BCUT2D eigenvalue weighted by molar-refractivity contribution is 0.308. The van der Waals surface area contributed by atoms with Crippen LogP contribution in [0.5, 0.6) is 11.5 Å². The van der Waals surface area contributed by atoms with E-state index < -0.39 is 0 Å². The van der Waals surface area contributed by atoms with Crippen molar-refractivity contribution in [3.05, 3.63) is 58.7 Å². The maximum absolute atomic E-state index is 9.72. The maximum atomic E-state index is 9.72. The molecule has 1 saturated carbocycles. The minimum atomic E-state index is 0.336. The molecule has 140 valence electrons. The molecule has 0 unspecified atom stereocenters. The van der Waals surface area contributed by atoms with E-state index in [0.717, 1.165) is 41.6 Å². The van der Waals surface area contributed by atoms with Crippen molar-refractivity contribution >= 4 is 0 Å². The van der Waals surface area contributed by atoms with Gasteiger partial charge in [-0.2, -0.15) is 0 Å². The molecule has 2 aromatic carbocycles. The quantitative estimate of drug-likeness (QED) is 0.617. The van der Waals surface area contributed by atoms with Crippen LogP contribution < -0.4 is 4.74 Å². The molecule has 0 atom stereocenters. The van der Waals surface area contributed by atoms with E-state index in [2.05, 4.69) is 31.2 Å². The Morgan fingerprint density at radius 3 is 2.31 bits per heavy atom. The zero-order chi connectivity index (χ0) is 18.5. The first-order valence-electron chi connectivity index (χ1n) is 10.1. The van der Waals surface area contributed by atoms with E-state index in [4.69, 9.17) is 4.74 Å². The van der Waals surface area contributed by atoms with Gasteiger partial charge in [-0.25, -0.2) is 0 Å². The Labute approximate surface area is 158 Å². The lowest BCUT2D eigenvalue weighted by Gasteiger charge is -2.26. The molecule has 2 nitrogen and oxygen atoms in total. The summed E-state index contributed by atoms with van der Waals surface area (Å²) >= 11 is 0. The Morgan fingerprint density at radius 1 is 0.923 bits per heavy atom. The summed E-state index contributed by atoms with van der Waals surface area (Å²) in [5.41, 5.74) is 4.83. The number of phenols is 1. The molecule has 1 aliphatic carbocycles. The second-order valence-electron chi connectivity index (χ2n) is 7.98. The molecule has 0 saturated heterocycles. The van der Waals surface area contributed by atoms with Crippen molar-refractivity contribution < 1.29 is 9.84 Å². The molecule has 1 fully saturated rings. The normalized spacial score (nSPS) is 20.1. The first kappa shape index (κ1) is 18.8. The van der Waals surface area contributed by atoms with Gasteiger partial charge in [-0.1, -0.05) is 44.0 Å². The lowest BCUT2D eigenvalue weighted by Crippen LogP contribution is -2.10. The van der Waals surface area contributed by atoms with Gasteiger partial charge >= 0.3 is 0 Å². The molecule has 1 N–H and O–H groups in total. The third-order valence-electron chi connectivity index (χ3n) is 6.04. The fourth-order valence-electron chi connectivity index (χ4n) is 3.95. The van der Waals surface area contributed by atoms with Crippen molar-refractivity contribution in [3.63, 3.8) is 0 Å². The molecule has 26 heavy (non-hydrogen) atoms. The second kappa shape index (κ2) is 8.62. The number of ether oxygens (including phenoxy) is 1. The summed E-state index contributed by atoms with van der Waals surface area (Å²) in [6.45, 7) is 7.00. The molecule has 0 bridgehead atoms. The molecule has 0 aliphatic heterocycles. The van der Waals surface area contributed by atoms with E-state index in [1.165, 1.54) is 36.8 Å². The molecule has 0 spiro atoms. The van der Waals surface area contributed by atoms with Gasteiger partial charge in [0.1, 0.15) is 11.5 Å². The number of hydrogen-bond donors (Lipinski definition) is 1. The number of hydrogen-bond acceptors (Lipinski definition) is 2. The average Bonchev–Trinajstić information content (AvgIpc) is 2.66. The van der Waals surface area contributed by atoms with Gasteiger partial charge in [-0.05, 0) is 85.8 Å². The molecule has 3 rings (SSSR count). The molecule has 0 radical (unpaired) electrons. The third kappa shape index (κ3) is 4.60. The number of aromatic hydroxyl groups is 1. The summed E-state index contributed by atoms with van der Waals surface area (Å²) in [7, 11) is 0. The molecular weight excluding hydrogens is 320 g/mol. The number of aryl methyl sites for hydroxylation is 1. The average molecular weight is 353 g/mol. The highest BCUT2D eigenvalue weighted by molar-refractivity contribution is 5.46. The monoisotopic (exact) mass is 352 g/mol. The molecule has 0 heterocycles. The highest BCUT2D eigenvalue weighted by Crippen LogP contribution is 2.35. The van der Waals surface area contributed by atoms with Crippen LogP contribution in [0.25, 0.3) is 0 Å². The van der Waals surface area contributed by atoms with Gasteiger partial charge < -0.3 is 9.84 Å². The minimum absolute atomic E-state index is 0.336. The van der Waals surface area contributed by atoms with Crippen molar-refractivity contribution in [2.45, 2.75) is 65.2 Å². The molecule has 0 amide bonds.